The Morgan fingerprint density at radius 1 is 1.42 bits per heavy atom. The number of nitrogens with one attached hydrogen (secondary N) is 2. The highest BCUT2D eigenvalue weighted by Crippen LogP contribution is 2.08. The van der Waals surface area contributed by atoms with Gasteiger partial charge in [-0.15, -0.1) is 0 Å². The highest BCUT2D eigenvalue weighted by Gasteiger charge is 2.19. The van der Waals surface area contributed by atoms with E-state index in [9.17, 15) is 9.59 Å². The monoisotopic (exact) mass is 284 g/mol. The van der Waals surface area contributed by atoms with Gasteiger partial charge in [-0.2, -0.15) is 11.3 Å². The first-order valence-corrected chi connectivity index (χ1v) is 7.28. The fraction of sp³-hybridized carbons (Fsp3) is 0.538. The highest BCUT2D eigenvalue weighted by molar-refractivity contribution is 7.07. The van der Waals surface area contributed by atoms with Gasteiger partial charge in [0, 0.05) is 6.04 Å². The zero-order chi connectivity index (χ0) is 14.3. The molecule has 0 aliphatic rings. The van der Waals surface area contributed by atoms with Crippen LogP contribution < -0.4 is 10.6 Å². The van der Waals surface area contributed by atoms with Gasteiger partial charge in [-0.1, -0.05) is 13.3 Å². The van der Waals surface area contributed by atoms with Crippen LogP contribution in [-0.4, -0.2) is 29.2 Å². The minimum atomic E-state index is -0.998. The summed E-state index contributed by atoms with van der Waals surface area (Å²) in [5.74, 6) is -0.998. The summed E-state index contributed by atoms with van der Waals surface area (Å²) >= 11 is 1.62. The van der Waals surface area contributed by atoms with Crippen molar-refractivity contribution >= 4 is 23.3 Å². The molecule has 6 heteroatoms. The Hall–Kier alpha value is -1.56. The molecular weight excluding hydrogens is 264 g/mol. The number of carboxylic acid groups (broad SMARTS) is 1. The summed E-state index contributed by atoms with van der Waals surface area (Å²) in [5.41, 5.74) is 1.17. The molecule has 2 amide bonds. The molecule has 0 saturated carbocycles. The van der Waals surface area contributed by atoms with Gasteiger partial charge in [-0.25, -0.2) is 9.59 Å². The summed E-state index contributed by atoms with van der Waals surface area (Å²) in [4.78, 5) is 22.6. The first-order valence-electron chi connectivity index (χ1n) is 6.33. The van der Waals surface area contributed by atoms with Crippen LogP contribution >= 0.6 is 11.3 Å². The molecule has 19 heavy (non-hydrogen) atoms. The average Bonchev–Trinajstić information content (AvgIpc) is 2.80. The predicted octanol–water partition coefficient (Wildman–Crippen LogP) is 2.23. The third-order valence-electron chi connectivity index (χ3n) is 2.68. The zero-order valence-electron chi connectivity index (χ0n) is 11.2. The average molecular weight is 284 g/mol. The first kappa shape index (κ1) is 15.5. The summed E-state index contributed by atoms with van der Waals surface area (Å²) in [7, 11) is 0. The number of hydrogen-bond donors (Lipinski definition) is 3. The Bertz CT molecular complexity index is 406. The smallest absolute Gasteiger partial charge is 0.326 e. The fourth-order valence-electron chi connectivity index (χ4n) is 1.78. The quantitative estimate of drug-likeness (QED) is 0.718. The number of rotatable bonds is 7. The SMILES string of the molecule is CCC[C@@H](NC(=O)NC(C)Cc1ccsc1)C(=O)O. The lowest BCUT2D eigenvalue weighted by molar-refractivity contribution is -0.139. The van der Waals surface area contributed by atoms with E-state index in [0.29, 0.717) is 12.8 Å². The van der Waals surface area contributed by atoms with Crippen LogP contribution in [0, 0.1) is 0 Å². The van der Waals surface area contributed by atoms with Gasteiger partial charge < -0.3 is 15.7 Å². The van der Waals surface area contributed by atoms with Crippen molar-refractivity contribution in [2.75, 3.05) is 0 Å². The molecule has 2 atom stereocenters. The zero-order valence-corrected chi connectivity index (χ0v) is 12.0. The molecule has 1 heterocycles. The minimum absolute atomic E-state index is 0.0364. The normalized spacial score (nSPS) is 13.6. The summed E-state index contributed by atoms with van der Waals surface area (Å²) in [6.07, 6.45) is 1.88. The number of carbonyl (C=O) groups is 2. The number of aliphatic carboxylic acids is 1. The summed E-state index contributed by atoms with van der Waals surface area (Å²) in [6, 6.07) is 0.727. The number of amides is 2. The van der Waals surface area contributed by atoms with Crippen LogP contribution in [0.3, 0.4) is 0 Å². The van der Waals surface area contributed by atoms with E-state index in [4.69, 9.17) is 5.11 Å². The standard InChI is InChI=1S/C13H20N2O3S/c1-3-4-11(12(16)17)15-13(18)14-9(2)7-10-5-6-19-8-10/h5-6,8-9,11H,3-4,7H2,1-2H3,(H,16,17)(H2,14,15,18)/t9?,11-/m1/s1. The van der Waals surface area contributed by atoms with Gasteiger partial charge >= 0.3 is 12.0 Å². The van der Waals surface area contributed by atoms with Crippen LogP contribution in [0.4, 0.5) is 4.79 Å². The van der Waals surface area contributed by atoms with E-state index in [1.54, 1.807) is 11.3 Å². The van der Waals surface area contributed by atoms with Crippen LogP contribution in [0.25, 0.3) is 0 Å². The summed E-state index contributed by atoms with van der Waals surface area (Å²) in [6.45, 7) is 3.78. The van der Waals surface area contributed by atoms with Crippen molar-refractivity contribution in [3.8, 4) is 0 Å². The van der Waals surface area contributed by atoms with Gasteiger partial charge in [0.2, 0.25) is 0 Å². The van der Waals surface area contributed by atoms with Crippen LogP contribution in [0.5, 0.6) is 0 Å². The molecule has 0 fully saturated rings. The molecule has 5 nitrogen and oxygen atoms in total. The topological polar surface area (TPSA) is 78.4 Å². The van der Waals surface area contributed by atoms with Crippen LogP contribution in [-0.2, 0) is 11.2 Å². The second-order valence-electron chi connectivity index (χ2n) is 4.53. The molecular formula is C13H20N2O3S. The lowest BCUT2D eigenvalue weighted by Crippen LogP contribution is -2.48. The Balaban J connectivity index is 2.38. The highest BCUT2D eigenvalue weighted by atomic mass is 32.1. The molecule has 1 aromatic rings. The van der Waals surface area contributed by atoms with E-state index in [1.807, 2.05) is 30.7 Å². The fourth-order valence-corrected chi connectivity index (χ4v) is 2.46. The van der Waals surface area contributed by atoms with Crippen molar-refractivity contribution in [3.63, 3.8) is 0 Å². The molecule has 0 bridgehead atoms. The molecule has 106 valence electrons. The summed E-state index contributed by atoms with van der Waals surface area (Å²) < 4.78 is 0. The number of carboxylic acids is 1. The van der Waals surface area contributed by atoms with E-state index in [-0.39, 0.29) is 6.04 Å². The van der Waals surface area contributed by atoms with Crippen molar-refractivity contribution in [2.45, 2.75) is 45.2 Å². The van der Waals surface area contributed by atoms with Gasteiger partial charge in [-0.05, 0) is 42.2 Å². The van der Waals surface area contributed by atoms with E-state index in [1.165, 1.54) is 5.56 Å². The molecule has 0 saturated heterocycles. The van der Waals surface area contributed by atoms with Crippen molar-refractivity contribution in [1.82, 2.24) is 10.6 Å². The number of urea groups is 1. The van der Waals surface area contributed by atoms with Crippen LogP contribution in [0.15, 0.2) is 16.8 Å². The number of carbonyl (C=O) groups excluding carboxylic acids is 1. The lowest BCUT2D eigenvalue weighted by atomic mass is 10.1. The number of hydrogen-bond acceptors (Lipinski definition) is 3. The third-order valence-corrected chi connectivity index (χ3v) is 3.41. The van der Waals surface area contributed by atoms with Gasteiger partial charge in [0.1, 0.15) is 6.04 Å². The molecule has 3 N–H and O–H groups in total. The molecule has 1 rings (SSSR count). The second-order valence-corrected chi connectivity index (χ2v) is 5.31. The van der Waals surface area contributed by atoms with E-state index >= 15 is 0 Å². The maximum absolute atomic E-state index is 11.7. The van der Waals surface area contributed by atoms with Gasteiger partial charge in [0.15, 0.2) is 0 Å². The van der Waals surface area contributed by atoms with Gasteiger partial charge in [-0.3, -0.25) is 0 Å². The summed E-state index contributed by atoms with van der Waals surface area (Å²) in [5, 5.41) is 18.2. The van der Waals surface area contributed by atoms with Crippen molar-refractivity contribution in [2.24, 2.45) is 0 Å². The van der Waals surface area contributed by atoms with Crippen LogP contribution in [0.2, 0.25) is 0 Å². The van der Waals surface area contributed by atoms with Gasteiger partial charge in [0.05, 0.1) is 0 Å². The molecule has 1 aromatic heterocycles. The first-order chi connectivity index (χ1) is 9.02. The Labute approximate surface area is 117 Å². The van der Waals surface area contributed by atoms with Gasteiger partial charge in [0.25, 0.3) is 0 Å². The van der Waals surface area contributed by atoms with Crippen molar-refractivity contribution in [3.05, 3.63) is 22.4 Å². The molecule has 1 unspecified atom stereocenters. The predicted molar refractivity (Wildman–Crippen MR) is 75.5 cm³/mol. The Morgan fingerprint density at radius 3 is 2.68 bits per heavy atom. The number of thiophene rings is 1. The Morgan fingerprint density at radius 2 is 2.16 bits per heavy atom. The second kappa shape index (κ2) is 7.78. The molecule has 0 aliphatic carbocycles. The molecule has 0 aromatic carbocycles. The van der Waals surface area contributed by atoms with E-state index in [2.05, 4.69) is 10.6 Å². The Kier molecular flexibility index (Phi) is 6.35. The molecule has 0 aliphatic heterocycles. The maximum Gasteiger partial charge on any atom is 0.326 e. The lowest BCUT2D eigenvalue weighted by Gasteiger charge is -2.17. The van der Waals surface area contributed by atoms with Crippen LogP contribution in [0.1, 0.15) is 32.3 Å². The van der Waals surface area contributed by atoms with Crippen molar-refractivity contribution < 1.29 is 14.7 Å². The van der Waals surface area contributed by atoms with E-state index in [0.717, 1.165) is 6.42 Å². The maximum atomic E-state index is 11.7. The molecule has 0 radical (unpaired) electrons. The largest absolute Gasteiger partial charge is 0.480 e. The van der Waals surface area contributed by atoms with Crippen molar-refractivity contribution in [1.29, 1.82) is 0 Å². The third kappa shape index (κ3) is 5.74. The van der Waals surface area contributed by atoms with E-state index < -0.39 is 18.0 Å². The molecule has 0 spiro atoms. The minimum Gasteiger partial charge on any atom is -0.480 e.